The Balaban J connectivity index is 0.00000484. The van der Waals surface area contributed by atoms with Crippen LogP contribution in [0.1, 0.15) is 19.8 Å². The molecule has 0 aliphatic carbocycles. The third-order valence-corrected chi connectivity index (χ3v) is 4.30. The quantitative estimate of drug-likeness (QED) is 0.350. The van der Waals surface area contributed by atoms with E-state index in [0.29, 0.717) is 32.2 Å². The maximum absolute atomic E-state index is 11.6. The summed E-state index contributed by atoms with van der Waals surface area (Å²) in [5.74, 6) is 0.646. The molecule has 0 atom stereocenters. The standard InChI is InChI=1S/C13H26N4O4S.HI/c1-4-21-13(18)17-8-5-11(6-9-17)16-12(14-2)15-7-10-22(3,19)20;/h11H,4-10H2,1-3H3,(H2,14,15,16);1H. The molecule has 0 bridgehead atoms. The van der Waals surface area contributed by atoms with Gasteiger partial charge in [-0.2, -0.15) is 0 Å². The molecule has 0 aromatic carbocycles. The van der Waals surface area contributed by atoms with Crippen LogP contribution in [0.4, 0.5) is 4.79 Å². The van der Waals surface area contributed by atoms with Gasteiger partial charge in [0.15, 0.2) is 5.96 Å². The summed E-state index contributed by atoms with van der Waals surface area (Å²) in [7, 11) is -1.34. The number of piperidine rings is 1. The molecule has 1 heterocycles. The Morgan fingerprint density at radius 3 is 2.43 bits per heavy atom. The van der Waals surface area contributed by atoms with Gasteiger partial charge in [0.2, 0.25) is 0 Å². The van der Waals surface area contributed by atoms with Crippen LogP contribution >= 0.6 is 24.0 Å². The van der Waals surface area contributed by atoms with Crippen molar-refractivity contribution in [2.75, 3.05) is 45.3 Å². The third kappa shape index (κ3) is 9.18. The van der Waals surface area contributed by atoms with E-state index < -0.39 is 9.84 Å². The van der Waals surface area contributed by atoms with E-state index in [1.54, 1.807) is 18.9 Å². The molecule has 136 valence electrons. The van der Waals surface area contributed by atoms with E-state index in [9.17, 15) is 13.2 Å². The number of nitrogens with one attached hydrogen (secondary N) is 2. The highest BCUT2D eigenvalue weighted by atomic mass is 127. The number of carbonyl (C=O) groups excluding carboxylic acids is 1. The van der Waals surface area contributed by atoms with Crippen LogP contribution in [-0.2, 0) is 14.6 Å². The number of hydrogen-bond donors (Lipinski definition) is 2. The molecule has 2 N–H and O–H groups in total. The topological polar surface area (TPSA) is 100 Å². The first-order valence-electron chi connectivity index (χ1n) is 7.42. The first-order valence-corrected chi connectivity index (χ1v) is 9.48. The van der Waals surface area contributed by atoms with E-state index >= 15 is 0 Å². The smallest absolute Gasteiger partial charge is 0.409 e. The Morgan fingerprint density at radius 1 is 1.35 bits per heavy atom. The summed E-state index contributed by atoms with van der Waals surface area (Å²) in [4.78, 5) is 17.4. The lowest BCUT2D eigenvalue weighted by Gasteiger charge is -2.32. The minimum atomic E-state index is -2.99. The van der Waals surface area contributed by atoms with Crippen LogP contribution in [0.25, 0.3) is 0 Å². The first-order chi connectivity index (χ1) is 10.4. The molecule has 0 radical (unpaired) electrons. The molecule has 1 fully saturated rings. The second-order valence-electron chi connectivity index (χ2n) is 5.23. The second-order valence-corrected chi connectivity index (χ2v) is 7.49. The molecule has 1 amide bonds. The molecule has 23 heavy (non-hydrogen) atoms. The van der Waals surface area contributed by atoms with Crippen molar-refractivity contribution in [3.8, 4) is 0 Å². The van der Waals surface area contributed by atoms with Gasteiger partial charge in [-0.05, 0) is 19.8 Å². The number of rotatable bonds is 5. The van der Waals surface area contributed by atoms with Gasteiger partial charge in [0.1, 0.15) is 9.84 Å². The van der Waals surface area contributed by atoms with Gasteiger partial charge >= 0.3 is 6.09 Å². The molecule has 10 heteroatoms. The zero-order chi connectivity index (χ0) is 16.6. The van der Waals surface area contributed by atoms with Crippen LogP contribution in [0, 0.1) is 0 Å². The largest absolute Gasteiger partial charge is 0.450 e. The molecule has 0 aromatic rings. The van der Waals surface area contributed by atoms with E-state index in [2.05, 4.69) is 15.6 Å². The number of carbonyl (C=O) groups is 1. The number of hydrogen-bond acceptors (Lipinski definition) is 5. The van der Waals surface area contributed by atoms with Gasteiger partial charge in [-0.25, -0.2) is 13.2 Å². The average molecular weight is 462 g/mol. The second kappa shape index (κ2) is 10.9. The fourth-order valence-corrected chi connectivity index (χ4v) is 2.64. The zero-order valence-corrected chi connectivity index (χ0v) is 17.0. The fraction of sp³-hybridized carbons (Fsp3) is 0.846. The Hall–Kier alpha value is -0.780. The van der Waals surface area contributed by atoms with Gasteiger partial charge in [-0.1, -0.05) is 0 Å². The summed E-state index contributed by atoms with van der Waals surface area (Å²) in [5, 5.41) is 6.23. The number of guanidine groups is 1. The molecule has 0 unspecified atom stereocenters. The molecule has 8 nitrogen and oxygen atoms in total. The van der Waals surface area contributed by atoms with Crippen molar-refractivity contribution in [1.82, 2.24) is 15.5 Å². The summed E-state index contributed by atoms with van der Waals surface area (Å²) in [6, 6.07) is 0.204. The summed E-state index contributed by atoms with van der Waals surface area (Å²) in [5.41, 5.74) is 0. The van der Waals surface area contributed by atoms with Crippen molar-refractivity contribution in [2.24, 2.45) is 4.99 Å². The fourth-order valence-electron chi connectivity index (χ4n) is 2.16. The summed E-state index contributed by atoms with van der Waals surface area (Å²) in [6.45, 7) is 3.76. The number of aliphatic imine (C=N–C) groups is 1. The maximum atomic E-state index is 11.6. The predicted octanol–water partition coefficient (Wildman–Crippen LogP) is 0.435. The van der Waals surface area contributed by atoms with Crippen molar-refractivity contribution in [1.29, 1.82) is 0 Å². The number of amides is 1. The molecule has 1 rings (SSSR count). The van der Waals surface area contributed by atoms with Gasteiger partial charge in [-0.3, -0.25) is 4.99 Å². The van der Waals surface area contributed by atoms with Gasteiger partial charge in [0.05, 0.1) is 12.4 Å². The molecule has 0 saturated carbocycles. The lowest BCUT2D eigenvalue weighted by atomic mass is 10.1. The molecule has 1 saturated heterocycles. The molecule has 1 aliphatic rings. The Bertz CT molecular complexity index is 490. The minimum Gasteiger partial charge on any atom is -0.450 e. The highest BCUT2D eigenvalue weighted by molar-refractivity contribution is 14.0. The van der Waals surface area contributed by atoms with Crippen LogP contribution in [0.15, 0.2) is 4.99 Å². The molecule has 1 aliphatic heterocycles. The highest BCUT2D eigenvalue weighted by Crippen LogP contribution is 2.11. The normalized spacial score (nSPS) is 16.5. The lowest BCUT2D eigenvalue weighted by molar-refractivity contribution is 0.0963. The minimum absolute atomic E-state index is 0. The Morgan fingerprint density at radius 2 is 1.96 bits per heavy atom. The van der Waals surface area contributed by atoms with Gasteiger partial charge in [0.25, 0.3) is 0 Å². The molecular weight excluding hydrogens is 435 g/mol. The van der Waals surface area contributed by atoms with E-state index in [1.165, 1.54) is 6.26 Å². The summed E-state index contributed by atoms with van der Waals surface area (Å²) >= 11 is 0. The van der Waals surface area contributed by atoms with Crippen LogP contribution in [0.5, 0.6) is 0 Å². The van der Waals surface area contributed by atoms with Crippen LogP contribution in [0.2, 0.25) is 0 Å². The Labute approximate surface area is 155 Å². The number of ether oxygens (including phenoxy) is 1. The lowest BCUT2D eigenvalue weighted by Crippen LogP contribution is -2.50. The van der Waals surface area contributed by atoms with E-state index in [1.807, 2.05) is 0 Å². The molecule has 0 aromatic heterocycles. The molecule has 0 spiro atoms. The van der Waals surface area contributed by atoms with Gasteiger partial charge in [-0.15, -0.1) is 24.0 Å². The van der Waals surface area contributed by atoms with Crippen molar-refractivity contribution < 1.29 is 17.9 Å². The summed E-state index contributed by atoms with van der Waals surface area (Å²) in [6.07, 6.45) is 2.53. The van der Waals surface area contributed by atoms with Crippen molar-refractivity contribution in [3.63, 3.8) is 0 Å². The van der Waals surface area contributed by atoms with Crippen molar-refractivity contribution >= 4 is 45.9 Å². The van der Waals surface area contributed by atoms with Crippen molar-refractivity contribution in [3.05, 3.63) is 0 Å². The first kappa shape index (κ1) is 22.2. The van der Waals surface area contributed by atoms with Crippen LogP contribution < -0.4 is 10.6 Å². The van der Waals surface area contributed by atoms with Crippen LogP contribution in [0.3, 0.4) is 0 Å². The monoisotopic (exact) mass is 462 g/mol. The van der Waals surface area contributed by atoms with E-state index in [-0.39, 0.29) is 41.9 Å². The molecular formula is C13H27IN4O4S. The Kier molecular flexibility index (Phi) is 10.5. The van der Waals surface area contributed by atoms with Gasteiger partial charge < -0.3 is 20.3 Å². The maximum Gasteiger partial charge on any atom is 0.409 e. The number of halogens is 1. The van der Waals surface area contributed by atoms with Crippen LogP contribution in [-0.4, -0.2) is 76.7 Å². The van der Waals surface area contributed by atoms with E-state index in [0.717, 1.165) is 12.8 Å². The number of likely N-dealkylation sites (tertiary alicyclic amines) is 1. The van der Waals surface area contributed by atoms with E-state index in [4.69, 9.17) is 4.74 Å². The third-order valence-electron chi connectivity index (χ3n) is 3.35. The van der Waals surface area contributed by atoms with Crippen molar-refractivity contribution in [2.45, 2.75) is 25.8 Å². The summed E-state index contributed by atoms with van der Waals surface area (Å²) < 4.78 is 27.2. The predicted molar refractivity (Wildman–Crippen MR) is 101 cm³/mol. The SMILES string of the molecule is CCOC(=O)N1CCC(NC(=NC)NCCS(C)(=O)=O)CC1.I. The average Bonchev–Trinajstić information content (AvgIpc) is 2.46. The highest BCUT2D eigenvalue weighted by Gasteiger charge is 2.23. The number of sulfone groups is 1. The number of nitrogens with zero attached hydrogens (tertiary/aromatic N) is 2. The van der Waals surface area contributed by atoms with Gasteiger partial charge in [0, 0.05) is 39.0 Å². The zero-order valence-electron chi connectivity index (χ0n) is 13.9.